The number of ether oxygens (including phenoxy) is 3. The van der Waals surface area contributed by atoms with Gasteiger partial charge in [-0.1, -0.05) is 11.6 Å². The Balaban J connectivity index is 2.02. The molecule has 0 bridgehead atoms. The van der Waals surface area contributed by atoms with Crippen LogP contribution in [0.3, 0.4) is 0 Å². The summed E-state index contributed by atoms with van der Waals surface area (Å²) in [4.78, 5) is 8.29. The van der Waals surface area contributed by atoms with Gasteiger partial charge in [0.1, 0.15) is 23.3 Å². The molecule has 2 aromatic rings. The molecule has 20 heavy (non-hydrogen) atoms. The lowest BCUT2D eigenvalue weighted by atomic mass is 10.3. The smallest absolute Gasteiger partial charge is 0.218 e. The molecule has 0 atom stereocenters. The van der Waals surface area contributed by atoms with Crippen LogP contribution in [0.25, 0.3) is 0 Å². The van der Waals surface area contributed by atoms with Gasteiger partial charge in [0.05, 0.1) is 13.7 Å². The van der Waals surface area contributed by atoms with E-state index in [9.17, 15) is 0 Å². The number of aromatic nitrogens is 2. The molecule has 0 fully saturated rings. The summed E-state index contributed by atoms with van der Waals surface area (Å²) in [6.45, 7) is 2.61. The van der Waals surface area contributed by atoms with Crippen molar-refractivity contribution in [1.29, 1.82) is 0 Å². The van der Waals surface area contributed by atoms with E-state index in [1.807, 2.05) is 31.2 Å². The molecule has 2 rings (SSSR count). The van der Waals surface area contributed by atoms with E-state index >= 15 is 0 Å². The van der Waals surface area contributed by atoms with E-state index in [2.05, 4.69) is 9.97 Å². The molecular weight excluding hydrogens is 280 g/mol. The first-order chi connectivity index (χ1) is 9.71. The van der Waals surface area contributed by atoms with Crippen LogP contribution >= 0.6 is 11.6 Å². The van der Waals surface area contributed by atoms with Crippen molar-refractivity contribution >= 4 is 11.6 Å². The second-order valence-electron chi connectivity index (χ2n) is 3.84. The summed E-state index contributed by atoms with van der Waals surface area (Å²) < 4.78 is 16.0. The van der Waals surface area contributed by atoms with Gasteiger partial charge in [0.15, 0.2) is 5.82 Å². The summed E-state index contributed by atoms with van der Waals surface area (Å²) >= 11 is 5.90. The Morgan fingerprint density at radius 2 is 1.75 bits per heavy atom. The van der Waals surface area contributed by atoms with Gasteiger partial charge in [-0.05, 0) is 31.2 Å². The zero-order valence-electron chi connectivity index (χ0n) is 11.3. The molecule has 0 spiro atoms. The third kappa shape index (κ3) is 3.99. The fourth-order valence-corrected chi connectivity index (χ4v) is 1.74. The zero-order chi connectivity index (χ0) is 14.4. The van der Waals surface area contributed by atoms with Crippen molar-refractivity contribution < 1.29 is 14.2 Å². The topological polar surface area (TPSA) is 53.5 Å². The van der Waals surface area contributed by atoms with Gasteiger partial charge in [-0.3, -0.25) is 0 Å². The quantitative estimate of drug-likeness (QED) is 0.766. The van der Waals surface area contributed by atoms with E-state index in [0.29, 0.717) is 29.2 Å². The first kappa shape index (κ1) is 14.4. The Bertz CT molecular complexity index is 561. The summed E-state index contributed by atoms with van der Waals surface area (Å²) in [7, 11) is 1.62. The summed E-state index contributed by atoms with van der Waals surface area (Å²) in [6.07, 6.45) is 0. The maximum Gasteiger partial charge on any atom is 0.218 e. The molecule has 0 saturated heterocycles. The minimum absolute atomic E-state index is 0.215. The lowest BCUT2D eigenvalue weighted by Crippen LogP contribution is -2.04. The average Bonchev–Trinajstić information content (AvgIpc) is 2.45. The van der Waals surface area contributed by atoms with Crippen molar-refractivity contribution in [1.82, 2.24) is 9.97 Å². The molecule has 1 heterocycles. The molecule has 0 saturated carbocycles. The van der Waals surface area contributed by atoms with Crippen molar-refractivity contribution in [2.24, 2.45) is 0 Å². The van der Waals surface area contributed by atoms with Crippen LogP contribution in [0, 0.1) is 0 Å². The molecule has 0 aliphatic rings. The fourth-order valence-electron chi connectivity index (χ4n) is 1.55. The first-order valence-electron chi connectivity index (χ1n) is 6.14. The second kappa shape index (κ2) is 6.96. The molecule has 0 N–H and O–H groups in total. The number of hydrogen-bond donors (Lipinski definition) is 0. The molecule has 0 aliphatic heterocycles. The van der Waals surface area contributed by atoms with Gasteiger partial charge in [-0.15, -0.1) is 0 Å². The summed E-state index contributed by atoms with van der Waals surface area (Å²) in [6, 6.07) is 8.83. The highest BCUT2D eigenvalue weighted by molar-refractivity contribution is 6.29. The SMILES string of the molecule is CCOc1cc(Cl)nc(COc2ccc(OC)cc2)n1. The van der Waals surface area contributed by atoms with E-state index in [-0.39, 0.29) is 6.61 Å². The van der Waals surface area contributed by atoms with Crippen LogP contribution in [0.2, 0.25) is 5.15 Å². The highest BCUT2D eigenvalue weighted by Gasteiger charge is 2.05. The molecule has 0 aliphatic carbocycles. The Morgan fingerprint density at radius 1 is 1.05 bits per heavy atom. The van der Waals surface area contributed by atoms with Gasteiger partial charge in [-0.2, -0.15) is 4.98 Å². The summed E-state index contributed by atoms with van der Waals surface area (Å²) in [5, 5.41) is 0.330. The van der Waals surface area contributed by atoms with Gasteiger partial charge >= 0.3 is 0 Å². The van der Waals surface area contributed by atoms with Crippen LogP contribution in [0.5, 0.6) is 17.4 Å². The molecule has 106 valence electrons. The number of benzene rings is 1. The Morgan fingerprint density at radius 3 is 2.40 bits per heavy atom. The minimum atomic E-state index is 0.215. The number of methoxy groups -OCH3 is 1. The van der Waals surface area contributed by atoms with Crippen molar-refractivity contribution in [3.05, 3.63) is 41.3 Å². The van der Waals surface area contributed by atoms with Gasteiger partial charge < -0.3 is 14.2 Å². The van der Waals surface area contributed by atoms with Crippen LogP contribution in [0.15, 0.2) is 30.3 Å². The highest BCUT2D eigenvalue weighted by atomic mass is 35.5. The molecule has 0 unspecified atom stereocenters. The fraction of sp³-hybridized carbons (Fsp3) is 0.286. The number of rotatable bonds is 6. The number of halogens is 1. The van der Waals surface area contributed by atoms with Gasteiger partial charge in [0.25, 0.3) is 0 Å². The van der Waals surface area contributed by atoms with E-state index in [1.165, 1.54) is 0 Å². The van der Waals surface area contributed by atoms with Crippen LogP contribution in [0.1, 0.15) is 12.7 Å². The van der Waals surface area contributed by atoms with Gasteiger partial charge in [0, 0.05) is 6.07 Å². The predicted octanol–water partition coefficient (Wildman–Crippen LogP) is 3.12. The Kier molecular flexibility index (Phi) is 5.01. The minimum Gasteiger partial charge on any atom is -0.497 e. The van der Waals surface area contributed by atoms with Crippen LogP contribution < -0.4 is 14.2 Å². The van der Waals surface area contributed by atoms with E-state index < -0.39 is 0 Å². The molecule has 0 amide bonds. The van der Waals surface area contributed by atoms with Crippen molar-refractivity contribution in [3.63, 3.8) is 0 Å². The molecular formula is C14H15ClN2O3. The van der Waals surface area contributed by atoms with E-state index in [1.54, 1.807) is 13.2 Å². The largest absolute Gasteiger partial charge is 0.497 e. The van der Waals surface area contributed by atoms with Crippen molar-refractivity contribution in [2.45, 2.75) is 13.5 Å². The number of hydrogen-bond acceptors (Lipinski definition) is 5. The monoisotopic (exact) mass is 294 g/mol. The van der Waals surface area contributed by atoms with E-state index in [0.717, 1.165) is 5.75 Å². The maximum absolute atomic E-state index is 5.90. The van der Waals surface area contributed by atoms with Crippen LogP contribution in [-0.4, -0.2) is 23.7 Å². The second-order valence-corrected chi connectivity index (χ2v) is 4.23. The third-order valence-electron chi connectivity index (χ3n) is 2.44. The van der Waals surface area contributed by atoms with Crippen LogP contribution in [-0.2, 0) is 6.61 Å². The zero-order valence-corrected chi connectivity index (χ0v) is 12.1. The standard InChI is InChI=1S/C14H15ClN2O3/c1-3-19-14-8-12(15)16-13(17-14)9-20-11-6-4-10(18-2)5-7-11/h4-8H,3,9H2,1-2H3. The lowest BCUT2D eigenvalue weighted by molar-refractivity contribution is 0.286. The summed E-state index contributed by atoms with van der Waals surface area (Å²) in [5.74, 6) is 2.39. The van der Waals surface area contributed by atoms with Gasteiger partial charge in [0.2, 0.25) is 5.88 Å². The maximum atomic E-state index is 5.90. The van der Waals surface area contributed by atoms with Crippen molar-refractivity contribution in [2.75, 3.05) is 13.7 Å². The molecule has 1 aromatic carbocycles. The van der Waals surface area contributed by atoms with Gasteiger partial charge in [-0.25, -0.2) is 4.98 Å². The Labute approximate surface area is 122 Å². The molecule has 1 aromatic heterocycles. The lowest BCUT2D eigenvalue weighted by Gasteiger charge is -2.08. The van der Waals surface area contributed by atoms with Crippen molar-refractivity contribution in [3.8, 4) is 17.4 Å². The molecule has 6 heteroatoms. The summed E-state index contributed by atoms with van der Waals surface area (Å²) in [5.41, 5.74) is 0. The normalized spacial score (nSPS) is 10.2. The number of nitrogens with zero attached hydrogens (tertiary/aromatic N) is 2. The average molecular weight is 295 g/mol. The first-order valence-corrected chi connectivity index (χ1v) is 6.52. The van der Waals surface area contributed by atoms with E-state index in [4.69, 9.17) is 25.8 Å². The Hall–Kier alpha value is -2.01. The highest BCUT2D eigenvalue weighted by Crippen LogP contribution is 2.19. The predicted molar refractivity (Wildman–Crippen MR) is 75.5 cm³/mol. The van der Waals surface area contributed by atoms with Crippen LogP contribution in [0.4, 0.5) is 0 Å². The molecule has 0 radical (unpaired) electrons. The molecule has 5 nitrogen and oxygen atoms in total. The third-order valence-corrected chi connectivity index (χ3v) is 2.63.